The number of aryl methyl sites for hydroxylation is 1. The quantitative estimate of drug-likeness (QED) is 0.495. The minimum atomic E-state index is -0.177. The Bertz CT molecular complexity index is 1310. The van der Waals surface area contributed by atoms with Gasteiger partial charge >= 0.3 is 0 Å². The van der Waals surface area contributed by atoms with Gasteiger partial charge in [0.2, 0.25) is 5.95 Å². The molecule has 5 rings (SSSR count). The maximum absolute atomic E-state index is 12.9. The predicted molar refractivity (Wildman–Crippen MR) is 115 cm³/mol. The zero-order valence-electron chi connectivity index (χ0n) is 16.7. The van der Waals surface area contributed by atoms with Gasteiger partial charge in [-0.25, -0.2) is 14.3 Å². The van der Waals surface area contributed by atoms with E-state index in [1.165, 1.54) is 11.1 Å². The van der Waals surface area contributed by atoms with E-state index in [1.807, 2.05) is 25.4 Å². The third-order valence-electron chi connectivity index (χ3n) is 5.24. The molecule has 0 saturated heterocycles. The number of benzene rings is 1. The molecule has 0 fully saturated rings. The molecule has 4 aromatic rings. The van der Waals surface area contributed by atoms with Crippen LogP contribution in [0, 0.1) is 0 Å². The molecule has 0 spiro atoms. The van der Waals surface area contributed by atoms with E-state index in [-0.39, 0.29) is 5.56 Å². The third-order valence-corrected chi connectivity index (χ3v) is 5.24. The van der Waals surface area contributed by atoms with E-state index in [1.54, 1.807) is 26.3 Å². The van der Waals surface area contributed by atoms with E-state index < -0.39 is 0 Å². The van der Waals surface area contributed by atoms with Crippen molar-refractivity contribution in [2.75, 3.05) is 11.9 Å². The van der Waals surface area contributed by atoms with Crippen LogP contribution in [0.15, 0.2) is 54.1 Å². The molecule has 1 aliphatic heterocycles. The zero-order valence-corrected chi connectivity index (χ0v) is 16.7. The number of hydrogen-bond donors (Lipinski definition) is 2. The molecule has 0 amide bonds. The average Bonchev–Trinajstić information content (AvgIpc) is 3.29. The van der Waals surface area contributed by atoms with E-state index in [9.17, 15) is 4.79 Å². The molecule has 0 radical (unpaired) electrons. The summed E-state index contributed by atoms with van der Waals surface area (Å²) in [4.78, 5) is 21.9. The molecule has 30 heavy (non-hydrogen) atoms. The van der Waals surface area contributed by atoms with Crippen LogP contribution < -0.4 is 16.2 Å². The SMILES string of the molecule is C=CCn1c(=O)c2cnc(Nc3ccc4c(c3)CCNC4)nc2n1-c1ccn(C)n1. The average molecular weight is 402 g/mol. The van der Waals surface area contributed by atoms with Crippen molar-refractivity contribution >= 4 is 22.7 Å². The molecule has 9 nitrogen and oxygen atoms in total. The molecule has 1 aromatic carbocycles. The molecular weight excluding hydrogens is 380 g/mol. The maximum Gasteiger partial charge on any atom is 0.278 e. The van der Waals surface area contributed by atoms with Crippen LogP contribution in [0.4, 0.5) is 11.6 Å². The van der Waals surface area contributed by atoms with Gasteiger partial charge in [-0.1, -0.05) is 12.1 Å². The fourth-order valence-corrected chi connectivity index (χ4v) is 3.81. The number of aromatic nitrogens is 6. The van der Waals surface area contributed by atoms with Gasteiger partial charge in [-0.2, -0.15) is 10.1 Å². The molecule has 0 unspecified atom stereocenters. The summed E-state index contributed by atoms with van der Waals surface area (Å²) in [5.74, 6) is 1.04. The van der Waals surface area contributed by atoms with Crippen molar-refractivity contribution in [3.63, 3.8) is 0 Å². The zero-order chi connectivity index (χ0) is 20.7. The van der Waals surface area contributed by atoms with Crippen LogP contribution in [-0.4, -0.2) is 35.7 Å². The second-order valence-corrected chi connectivity index (χ2v) is 7.30. The van der Waals surface area contributed by atoms with Crippen LogP contribution in [0.25, 0.3) is 16.9 Å². The normalized spacial score (nSPS) is 13.4. The van der Waals surface area contributed by atoms with Crippen molar-refractivity contribution in [1.82, 2.24) is 34.4 Å². The molecule has 0 bridgehead atoms. The lowest BCUT2D eigenvalue weighted by molar-refractivity contribution is 0.589. The van der Waals surface area contributed by atoms with E-state index in [0.717, 1.165) is 25.2 Å². The Hall–Kier alpha value is -3.72. The van der Waals surface area contributed by atoms with Crippen molar-refractivity contribution in [1.29, 1.82) is 0 Å². The van der Waals surface area contributed by atoms with Crippen molar-refractivity contribution in [3.05, 3.63) is 70.8 Å². The number of allylic oxidation sites excluding steroid dienone is 1. The Balaban J connectivity index is 1.60. The molecular formula is C21H22N8O. The Labute approximate surface area is 172 Å². The largest absolute Gasteiger partial charge is 0.324 e. The van der Waals surface area contributed by atoms with Gasteiger partial charge in [0.1, 0.15) is 5.39 Å². The summed E-state index contributed by atoms with van der Waals surface area (Å²) in [6, 6.07) is 8.12. The molecule has 0 aliphatic carbocycles. The summed E-state index contributed by atoms with van der Waals surface area (Å²) >= 11 is 0. The topological polar surface area (TPSA) is 94.6 Å². The molecule has 2 N–H and O–H groups in total. The van der Waals surface area contributed by atoms with Crippen LogP contribution in [-0.2, 0) is 26.6 Å². The predicted octanol–water partition coefficient (Wildman–Crippen LogP) is 1.89. The first-order valence-electron chi connectivity index (χ1n) is 9.83. The maximum atomic E-state index is 12.9. The van der Waals surface area contributed by atoms with Crippen LogP contribution >= 0.6 is 0 Å². The van der Waals surface area contributed by atoms with E-state index >= 15 is 0 Å². The van der Waals surface area contributed by atoms with Crippen molar-refractivity contribution in [2.45, 2.75) is 19.5 Å². The lowest BCUT2D eigenvalue weighted by atomic mass is 10.0. The highest BCUT2D eigenvalue weighted by Crippen LogP contribution is 2.22. The van der Waals surface area contributed by atoms with Gasteiger partial charge in [-0.3, -0.25) is 9.48 Å². The van der Waals surface area contributed by atoms with Crippen molar-refractivity contribution < 1.29 is 0 Å². The summed E-state index contributed by atoms with van der Waals surface area (Å²) in [6.45, 7) is 5.98. The fraction of sp³-hybridized carbons (Fsp3) is 0.238. The van der Waals surface area contributed by atoms with Gasteiger partial charge in [0.05, 0.1) is 6.54 Å². The van der Waals surface area contributed by atoms with E-state index in [0.29, 0.717) is 29.3 Å². The van der Waals surface area contributed by atoms with Gasteiger partial charge in [0, 0.05) is 37.7 Å². The number of rotatable bonds is 5. The number of hydrogen-bond acceptors (Lipinski definition) is 6. The molecule has 152 valence electrons. The fourth-order valence-electron chi connectivity index (χ4n) is 3.81. The Morgan fingerprint density at radius 1 is 1.30 bits per heavy atom. The van der Waals surface area contributed by atoms with Crippen LogP contribution in [0.2, 0.25) is 0 Å². The number of anilines is 2. The van der Waals surface area contributed by atoms with Gasteiger partial charge < -0.3 is 10.6 Å². The second kappa shape index (κ2) is 7.27. The van der Waals surface area contributed by atoms with Gasteiger partial charge in [-0.05, 0) is 36.2 Å². The molecule has 3 aromatic heterocycles. The van der Waals surface area contributed by atoms with Crippen LogP contribution in [0.5, 0.6) is 0 Å². The number of fused-ring (bicyclic) bond motifs is 2. The smallest absolute Gasteiger partial charge is 0.278 e. The first-order chi connectivity index (χ1) is 14.6. The van der Waals surface area contributed by atoms with Gasteiger partial charge in [-0.15, -0.1) is 6.58 Å². The number of nitrogens with one attached hydrogen (secondary N) is 2. The summed E-state index contributed by atoms with van der Waals surface area (Å²) in [7, 11) is 1.83. The van der Waals surface area contributed by atoms with Gasteiger partial charge in [0.25, 0.3) is 5.56 Å². The monoisotopic (exact) mass is 402 g/mol. The Morgan fingerprint density at radius 2 is 2.20 bits per heavy atom. The first kappa shape index (κ1) is 18.3. The molecule has 0 atom stereocenters. The lowest BCUT2D eigenvalue weighted by Crippen LogP contribution is -2.23. The lowest BCUT2D eigenvalue weighted by Gasteiger charge is -2.18. The number of nitrogens with zero attached hydrogens (tertiary/aromatic N) is 6. The standard InChI is InChI=1S/C21H22N8O/c1-3-9-28-20(30)17-13-23-21(25-19(17)29(28)18-7-10-27(2)26-18)24-16-5-4-15-12-22-8-6-14(15)11-16/h3-5,7,10-11,13,22H,1,6,8-9,12H2,2H3,(H,23,24,25). The summed E-state index contributed by atoms with van der Waals surface area (Å²) in [6.07, 6.45) is 6.06. The Kier molecular flexibility index (Phi) is 4.44. The highest BCUT2D eigenvalue weighted by Gasteiger charge is 2.18. The summed E-state index contributed by atoms with van der Waals surface area (Å²) < 4.78 is 4.96. The van der Waals surface area contributed by atoms with Crippen molar-refractivity contribution in [3.8, 4) is 5.82 Å². The molecule has 4 heterocycles. The van der Waals surface area contributed by atoms with E-state index in [2.05, 4.69) is 44.4 Å². The minimum Gasteiger partial charge on any atom is -0.324 e. The van der Waals surface area contributed by atoms with Gasteiger partial charge in [0.15, 0.2) is 11.5 Å². The molecule has 9 heteroatoms. The molecule has 1 aliphatic rings. The minimum absolute atomic E-state index is 0.177. The summed E-state index contributed by atoms with van der Waals surface area (Å²) in [5.41, 5.74) is 3.88. The van der Waals surface area contributed by atoms with Crippen molar-refractivity contribution in [2.24, 2.45) is 7.05 Å². The second-order valence-electron chi connectivity index (χ2n) is 7.30. The molecule has 0 saturated carbocycles. The first-order valence-corrected chi connectivity index (χ1v) is 9.83. The van der Waals surface area contributed by atoms with E-state index in [4.69, 9.17) is 0 Å². The third kappa shape index (κ3) is 3.09. The Morgan fingerprint density at radius 3 is 3.00 bits per heavy atom. The van der Waals surface area contributed by atoms with Crippen LogP contribution in [0.1, 0.15) is 11.1 Å². The highest BCUT2D eigenvalue weighted by atomic mass is 16.1. The summed E-state index contributed by atoms with van der Waals surface area (Å²) in [5, 5.41) is 11.5. The highest BCUT2D eigenvalue weighted by molar-refractivity contribution is 5.77. The van der Waals surface area contributed by atoms with Crippen LogP contribution in [0.3, 0.4) is 0 Å².